The van der Waals surface area contributed by atoms with Crippen LogP contribution in [0.15, 0.2) is 35.0 Å². The Labute approximate surface area is 177 Å². The molecule has 4 rings (SSSR count). The van der Waals surface area contributed by atoms with Crippen molar-refractivity contribution in [2.75, 3.05) is 23.7 Å². The lowest BCUT2D eigenvalue weighted by Gasteiger charge is -2.25. The molecule has 0 saturated carbocycles. The number of hydrogen-bond acceptors (Lipinski definition) is 6. The third-order valence-corrected chi connectivity index (χ3v) is 6.53. The summed E-state index contributed by atoms with van der Waals surface area (Å²) in [6, 6.07) is 7.84. The van der Waals surface area contributed by atoms with Crippen LogP contribution in [0.4, 0.5) is 10.8 Å². The van der Waals surface area contributed by atoms with E-state index in [1.165, 1.54) is 22.7 Å². The first-order valence-corrected chi connectivity index (χ1v) is 11.2. The molecule has 1 aromatic carbocycles. The number of nitrogens with one attached hydrogen (secondary N) is 2. The third kappa shape index (κ3) is 4.72. The average molecular weight is 427 g/mol. The summed E-state index contributed by atoms with van der Waals surface area (Å²) in [5.74, 6) is -0.153. The van der Waals surface area contributed by atoms with Gasteiger partial charge in [-0.3, -0.25) is 19.8 Å². The van der Waals surface area contributed by atoms with E-state index in [1.54, 1.807) is 6.07 Å². The Bertz CT molecular complexity index is 1040. The van der Waals surface area contributed by atoms with Crippen LogP contribution >= 0.6 is 22.7 Å². The van der Waals surface area contributed by atoms with Crippen molar-refractivity contribution in [3.8, 4) is 0 Å². The van der Waals surface area contributed by atoms with Gasteiger partial charge in [0.1, 0.15) is 0 Å². The number of hydrogen-bond donors (Lipinski definition) is 2. The van der Waals surface area contributed by atoms with Crippen molar-refractivity contribution in [3.05, 3.63) is 62.3 Å². The predicted octanol–water partition coefficient (Wildman–Crippen LogP) is 4.07. The molecule has 2 aromatic heterocycles. The minimum absolute atomic E-state index is 0.0161. The minimum atomic E-state index is -0.137. The molecule has 2 amide bonds. The lowest BCUT2D eigenvalue weighted by Crippen LogP contribution is -2.36. The molecule has 0 aliphatic carbocycles. The quantitative estimate of drug-likeness (QED) is 0.645. The molecule has 3 heterocycles. The molecule has 6 nitrogen and oxygen atoms in total. The Kier molecular flexibility index (Phi) is 5.75. The van der Waals surface area contributed by atoms with Crippen LogP contribution in [-0.4, -0.2) is 34.8 Å². The number of thiazole rings is 1. The van der Waals surface area contributed by atoms with Crippen LogP contribution < -0.4 is 10.6 Å². The van der Waals surface area contributed by atoms with Gasteiger partial charge in [-0.15, -0.1) is 11.3 Å². The molecule has 0 radical (unpaired) electrons. The Morgan fingerprint density at radius 3 is 2.86 bits per heavy atom. The monoisotopic (exact) mass is 426 g/mol. The molecule has 0 spiro atoms. The SMILES string of the molecule is Cc1ccc(C)c(NC(=O)CN2CCc3nc(NC(=O)c4ccsc4)sc3C2)c1. The molecule has 0 saturated heterocycles. The number of fused-ring (bicyclic) bond motifs is 1. The van der Waals surface area contributed by atoms with Gasteiger partial charge >= 0.3 is 0 Å². The first kappa shape index (κ1) is 19.8. The smallest absolute Gasteiger partial charge is 0.258 e. The molecule has 0 fully saturated rings. The summed E-state index contributed by atoms with van der Waals surface area (Å²) in [5, 5.41) is 10.2. The number of carbonyl (C=O) groups excluding carboxylic acids is 2. The molecular formula is C21H22N4O2S2. The van der Waals surface area contributed by atoms with E-state index < -0.39 is 0 Å². The highest BCUT2D eigenvalue weighted by molar-refractivity contribution is 7.16. The fourth-order valence-corrected chi connectivity index (χ4v) is 4.94. The Morgan fingerprint density at radius 2 is 2.07 bits per heavy atom. The second-order valence-electron chi connectivity index (χ2n) is 7.18. The average Bonchev–Trinajstić information content (AvgIpc) is 3.33. The van der Waals surface area contributed by atoms with E-state index in [1.807, 2.05) is 42.8 Å². The highest BCUT2D eigenvalue weighted by atomic mass is 32.1. The second-order valence-corrected chi connectivity index (χ2v) is 9.05. The topological polar surface area (TPSA) is 74.3 Å². The van der Waals surface area contributed by atoms with Crippen molar-refractivity contribution in [2.24, 2.45) is 0 Å². The summed E-state index contributed by atoms with van der Waals surface area (Å²) in [7, 11) is 0. The number of aryl methyl sites for hydroxylation is 2. The zero-order valence-corrected chi connectivity index (χ0v) is 18.0. The maximum Gasteiger partial charge on any atom is 0.258 e. The fourth-order valence-electron chi connectivity index (χ4n) is 3.26. The number of carbonyl (C=O) groups is 2. The van der Waals surface area contributed by atoms with Gasteiger partial charge in [0.25, 0.3) is 5.91 Å². The van der Waals surface area contributed by atoms with Gasteiger partial charge in [-0.2, -0.15) is 11.3 Å². The van der Waals surface area contributed by atoms with Gasteiger partial charge in [0, 0.05) is 35.5 Å². The van der Waals surface area contributed by atoms with Crippen LogP contribution in [0.25, 0.3) is 0 Å². The zero-order chi connectivity index (χ0) is 20.4. The zero-order valence-electron chi connectivity index (χ0n) is 16.3. The van der Waals surface area contributed by atoms with Crippen molar-refractivity contribution >= 4 is 45.3 Å². The summed E-state index contributed by atoms with van der Waals surface area (Å²) in [6.07, 6.45) is 0.775. The number of amides is 2. The van der Waals surface area contributed by atoms with Gasteiger partial charge in [0.2, 0.25) is 5.91 Å². The second kappa shape index (κ2) is 8.44. The van der Waals surface area contributed by atoms with Crippen molar-refractivity contribution in [1.82, 2.24) is 9.88 Å². The summed E-state index contributed by atoms with van der Waals surface area (Å²) in [4.78, 5) is 32.5. The number of anilines is 2. The first-order valence-electron chi connectivity index (χ1n) is 9.39. The minimum Gasteiger partial charge on any atom is -0.325 e. The highest BCUT2D eigenvalue weighted by Gasteiger charge is 2.23. The largest absolute Gasteiger partial charge is 0.325 e. The van der Waals surface area contributed by atoms with Crippen molar-refractivity contribution in [1.29, 1.82) is 0 Å². The molecule has 3 aromatic rings. The predicted molar refractivity (Wildman–Crippen MR) is 118 cm³/mol. The molecular weight excluding hydrogens is 404 g/mol. The lowest BCUT2D eigenvalue weighted by molar-refractivity contribution is -0.117. The van der Waals surface area contributed by atoms with E-state index in [9.17, 15) is 9.59 Å². The van der Waals surface area contributed by atoms with Crippen LogP contribution in [-0.2, 0) is 17.8 Å². The van der Waals surface area contributed by atoms with Gasteiger partial charge in [-0.25, -0.2) is 4.98 Å². The number of nitrogens with zero attached hydrogens (tertiary/aromatic N) is 2. The Balaban J connectivity index is 1.36. The molecule has 2 N–H and O–H groups in total. The molecule has 150 valence electrons. The van der Waals surface area contributed by atoms with Gasteiger partial charge in [0.15, 0.2) is 5.13 Å². The van der Waals surface area contributed by atoms with Crippen molar-refractivity contribution in [3.63, 3.8) is 0 Å². The van der Waals surface area contributed by atoms with Crippen LogP contribution in [0, 0.1) is 13.8 Å². The lowest BCUT2D eigenvalue weighted by atomic mass is 10.1. The molecule has 29 heavy (non-hydrogen) atoms. The molecule has 1 aliphatic rings. The van der Waals surface area contributed by atoms with Gasteiger partial charge in [-0.1, -0.05) is 12.1 Å². The molecule has 8 heteroatoms. The summed E-state index contributed by atoms with van der Waals surface area (Å²) in [6.45, 7) is 5.78. The number of thiophene rings is 1. The van der Waals surface area contributed by atoms with E-state index in [-0.39, 0.29) is 11.8 Å². The van der Waals surface area contributed by atoms with E-state index in [0.29, 0.717) is 23.8 Å². The fraction of sp³-hybridized carbons (Fsp3) is 0.286. The Hall–Kier alpha value is -2.55. The van der Waals surface area contributed by atoms with E-state index in [2.05, 4.69) is 20.5 Å². The first-order chi connectivity index (χ1) is 14.0. The van der Waals surface area contributed by atoms with Gasteiger partial charge in [0.05, 0.1) is 17.8 Å². The van der Waals surface area contributed by atoms with Crippen molar-refractivity contribution in [2.45, 2.75) is 26.8 Å². The maximum atomic E-state index is 12.5. The van der Waals surface area contributed by atoms with E-state index >= 15 is 0 Å². The maximum absolute atomic E-state index is 12.5. The normalized spacial score (nSPS) is 13.7. The van der Waals surface area contributed by atoms with Gasteiger partial charge < -0.3 is 5.32 Å². The molecule has 0 unspecified atom stereocenters. The summed E-state index contributed by atoms with van der Waals surface area (Å²) >= 11 is 2.98. The van der Waals surface area contributed by atoms with Crippen molar-refractivity contribution < 1.29 is 9.59 Å². The van der Waals surface area contributed by atoms with Gasteiger partial charge in [-0.05, 0) is 42.5 Å². The van der Waals surface area contributed by atoms with E-state index in [0.717, 1.165) is 40.4 Å². The standard InChI is InChI=1S/C21H22N4O2S2/c1-13-3-4-14(2)17(9-13)22-19(26)11-25-7-5-16-18(10-25)29-21(23-16)24-20(27)15-6-8-28-12-15/h3-4,6,8-9,12H,5,7,10-11H2,1-2H3,(H,22,26)(H,23,24,27). The van der Waals surface area contributed by atoms with Crippen LogP contribution in [0.1, 0.15) is 32.1 Å². The summed E-state index contributed by atoms with van der Waals surface area (Å²) < 4.78 is 0. The van der Waals surface area contributed by atoms with Crippen LogP contribution in [0.5, 0.6) is 0 Å². The third-order valence-electron chi connectivity index (χ3n) is 4.85. The number of rotatable bonds is 5. The van der Waals surface area contributed by atoms with Crippen LogP contribution in [0.3, 0.4) is 0 Å². The molecule has 1 aliphatic heterocycles. The molecule has 0 bridgehead atoms. The van der Waals surface area contributed by atoms with E-state index in [4.69, 9.17) is 0 Å². The molecule has 0 atom stereocenters. The highest BCUT2D eigenvalue weighted by Crippen LogP contribution is 2.28. The summed E-state index contributed by atoms with van der Waals surface area (Å²) in [5.41, 5.74) is 4.70. The Morgan fingerprint density at radius 1 is 1.21 bits per heavy atom. The van der Waals surface area contributed by atoms with Crippen LogP contribution in [0.2, 0.25) is 0 Å². The number of aromatic nitrogens is 1. The number of benzene rings is 1.